The van der Waals surface area contributed by atoms with Crippen molar-refractivity contribution in [3.8, 4) is 0 Å². The lowest BCUT2D eigenvalue weighted by molar-refractivity contribution is 0.102. The Morgan fingerprint density at radius 1 is 0.958 bits per heavy atom. The topological polar surface area (TPSA) is 32.3 Å². The second-order valence-electron chi connectivity index (χ2n) is 6.07. The fourth-order valence-corrected chi connectivity index (χ4v) is 3.78. The zero-order valence-electron chi connectivity index (χ0n) is 14.1. The smallest absolute Gasteiger partial charge is 0.256 e. The molecule has 0 bridgehead atoms. The molecule has 0 aromatic heterocycles. The number of hydrogen-bond donors (Lipinski definition) is 1. The number of rotatable bonds is 4. The van der Waals surface area contributed by atoms with Crippen molar-refractivity contribution in [2.24, 2.45) is 0 Å². The molecule has 24 heavy (non-hydrogen) atoms. The van der Waals surface area contributed by atoms with Gasteiger partial charge in [0, 0.05) is 18.0 Å². The van der Waals surface area contributed by atoms with Gasteiger partial charge in [0.1, 0.15) is 0 Å². The summed E-state index contributed by atoms with van der Waals surface area (Å²) in [6, 6.07) is 15.9. The Hall–Kier alpha value is -1.94. The van der Waals surface area contributed by atoms with E-state index in [1.807, 2.05) is 48.7 Å². The molecule has 1 saturated heterocycles. The maximum atomic E-state index is 12.8. The number of carbonyl (C=O) groups is 1. The number of carbonyl (C=O) groups excluding carboxylic acids is 1. The van der Waals surface area contributed by atoms with Crippen LogP contribution in [0.15, 0.2) is 53.4 Å². The van der Waals surface area contributed by atoms with Gasteiger partial charge in [0.15, 0.2) is 0 Å². The van der Waals surface area contributed by atoms with Gasteiger partial charge in [0.05, 0.1) is 16.9 Å². The highest BCUT2D eigenvalue weighted by Gasteiger charge is 2.16. The summed E-state index contributed by atoms with van der Waals surface area (Å²) in [7, 11) is 0. The Bertz CT molecular complexity index is 694. The normalized spacial score (nSPS) is 15.0. The largest absolute Gasteiger partial charge is 0.370 e. The molecule has 4 heteroatoms. The minimum absolute atomic E-state index is 0.0396. The SMILES string of the molecule is CSc1ccccc1C(=O)Nc1ccccc1N1CCCCCC1. The van der Waals surface area contributed by atoms with Crippen molar-refractivity contribution in [3.63, 3.8) is 0 Å². The van der Waals surface area contributed by atoms with E-state index in [1.165, 1.54) is 25.7 Å². The fraction of sp³-hybridized carbons (Fsp3) is 0.350. The summed E-state index contributed by atoms with van der Waals surface area (Å²) in [5.41, 5.74) is 2.77. The molecule has 3 rings (SSSR count). The standard InChI is InChI=1S/C20H24N2OS/c1-24-19-13-7-4-10-16(19)20(23)21-17-11-5-6-12-18(17)22-14-8-2-3-9-15-22/h4-7,10-13H,2-3,8-9,14-15H2,1H3,(H,21,23). The lowest BCUT2D eigenvalue weighted by Gasteiger charge is -2.25. The summed E-state index contributed by atoms with van der Waals surface area (Å²) in [4.78, 5) is 16.2. The molecule has 0 unspecified atom stereocenters. The van der Waals surface area contributed by atoms with Gasteiger partial charge in [-0.3, -0.25) is 4.79 Å². The fourth-order valence-electron chi connectivity index (χ4n) is 3.19. The summed E-state index contributed by atoms with van der Waals surface area (Å²) in [6.07, 6.45) is 7.03. The van der Waals surface area contributed by atoms with Gasteiger partial charge in [0.2, 0.25) is 0 Å². The lowest BCUT2D eigenvalue weighted by atomic mass is 10.2. The highest BCUT2D eigenvalue weighted by molar-refractivity contribution is 7.98. The Balaban J connectivity index is 1.83. The highest BCUT2D eigenvalue weighted by Crippen LogP contribution is 2.29. The van der Waals surface area contributed by atoms with Gasteiger partial charge in [0.25, 0.3) is 5.91 Å². The van der Waals surface area contributed by atoms with Crippen molar-refractivity contribution in [2.45, 2.75) is 30.6 Å². The first-order valence-corrected chi connectivity index (χ1v) is 9.80. The number of anilines is 2. The van der Waals surface area contributed by atoms with Crippen molar-refractivity contribution < 1.29 is 4.79 Å². The zero-order chi connectivity index (χ0) is 16.8. The number of nitrogens with one attached hydrogen (secondary N) is 1. The quantitative estimate of drug-likeness (QED) is 0.791. The van der Waals surface area contributed by atoms with Gasteiger partial charge in [-0.15, -0.1) is 11.8 Å². The molecule has 2 aromatic rings. The summed E-state index contributed by atoms with van der Waals surface area (Å²) in [6.45, 7) is 2.13. The summed E-state index contributed by atoms with van der Waals surface area (Å²) >= 11 is 1.60. The van der Waals surface area contributed by atoms with Gasteiger partial charge in [-0.25, -0.2) is 0 Å². The van der Waals surface area contributed by atoms with Gasteiger partial charge >= 0.3 is 0 Å². The highest BCUT2D eigenvalue weighted by atomic mass is 32.2. The maximum Gasteiger partial charge on any atom is 0.256 e. The van der Waals surface area contributed by atoms with E-state index in [4.69, 9.17) is 0 Å². The third-order valence-electron chi connectivity index (χ3n) is 4.45. The molecule has 0 spiro atoms. The molecule has 1 heterocycles. The van der Waals surface area contributed by atoms with Crippen LogP contribution in [0.4, 0.5) is 11.4 Å². The van der Waals surface area contributed by atoms with Crippen LogP contribution in [0, 0.1) is 0 Å². The number of benzene rings is 2. The van der Waals surface area contributed by atoms with E-state index in [9.17, 15) is 4.79 Å². The minimum Gasteiger partial charge on any atom is -0.370 e. The number of para-hydroxylation sites is 2. The Morgan fingerprint density at radius 3 is 2.38 bits per heavy atom. The second kappa shape index (κ2) is 8.25. The number of amides is 1. The molecule has 3 nitrogen and oxygen atoms in total. The predicted molar refractivity (Wildman–Crippen MR) is 103 cm³/mol. The summed E-state index contributed by atoms with van der Waals surface area (Å²) in [5.74, 6) is -0.0396. The molecule has 126 valence electrons. The third-order valence-corrected chi connectivity index (χ3v) is 5.25. The van der Waals surface area contributed by atoms with Crippen molar-refractivity contribution in [2.75, 3.05) is 29.6 Å². The number of thioether (sulfide) groups is 1. The van der Waals surface area contributed by atoms with E-state index in [-0.39, 0.29) is 5.91 Å². The third kappa shape index (κ3) is 3.93. The molecule has 1 aliphatic rings. The molecule has 0 aliphatic carbocycles. The van der Waals surface area contributed by atoms with Gasteiger partial charge in [-0.2, -0.15) is 0 Å². The maximum absolute atomic E-state index is 12.8. The van der Waals surface area contributed by atoms with E-state index < -0.39 is 0 Å². The van der Waals surface area contributed by atoms with Crippen LogP contribution < -0.4 is 10.2 Å². The summed E-state index contributed by atoms with van der Waals surface area (Å²) < 4.78 is 0. The van der Waals surface area contributed by atoms with Crippen LogP contribution in [0.3, 0.4) is 0 Å². The Morgan fingerprint density at radius 2 is 1.62 bits per heavy atom. The van der Waals surface area contributed by atoms with Gasteiger partial charge < -0.3 is 10.2 Å². The molecule has 0 saturated carbocycles. The average Bonchev–Trinajstić information content (AvgIpc) is 2.91. The first kappa shape index (κ1) is 16.9. The van der Waals surface area contributed by atoms with Crippen LogP contribution in [-0.4, -0.2) is 25.3 Å². The van der Waals surface area contributed by atoms with Crippen LogP contribution in [-0.2, 0) is 0 Å². The number of hydrogen-bond acceptors (Lipinski definition) is 3. The molecule has 1 N–H and O–H groups in total. The molecular weight excluding hydrogens is 316 g/mol. The van der Waals surface area contributed by atoms with Crippen molar-refractivity contribution >= 4 is 29.0 Å². The Labute approximate surface area is 148 Å². The van der Waals surface area contributed by atoms with Crippen LogP contribution in [0.1, 0.15) is 36.0 Å². The van der Waals surface area contributed by atoms with E-state index in [1.54, 1.807) is 11.8 Å². The first-order chi connectivity index (χ1) is 11.8. The van der Waals surface area contributed by atoms with Gasteiger partial charge in [-0.1, -0.05) is 37.1 Å². The molecular formula is C20H24N2OS. The van der Waals surface area contributed by atoms with Crippen LogP contribution in [0.2, 0.25) is 0 Å². The molecule has 1 aliphatic heterocycles. The molecule has 1 amide bonds. The molecule has 0 atom stereocenters. The molecule has 1 fully saturated rings. The van der Waals surface area contributed by atoms with Crippen molar-refractivity contribution in [1.29, 1.82) is 0 Å². The van der Waals surface area contributed by atoms with Crippen LogP contribution in [0.5, 0.6) is 0 Å². The number of nitrogens with zero attached hydrogens (tertiary/aromatic N) is 1. The second-order valence-corrected chi connectivity index (χ2v) is 6.92. The van der Waals surface area contributed by atoms with Crippen LogP contribution >= 0.6 is 11.8 Å². The summed E-state index contributed by atoms with van der Waals surface area (Å²) in [5, 5.41) is 3.13. The predicted octanol–water partition coefficient (Wildman–Crippen LogP) is 5.04. The Kier molecular flexibility index (Phi) is 5.81. The van der Waals surface area contributed by atoms with Crippen LogP contribution in [0.25, 0.3) is 0 Å². The lowest BCUT2D eigenvalue weighted by Crippen LogP contribution is -2.25. The monoisotopic (exact) mass is 340 g/mol. The molecule has 0 radical (unpaired) electrons. The first-order valence-electron chi connectivity index (χ1n) is 8.58. The average molecular weight is 340 g/mol. The van der Waals surface area contributed by atoms with Crippen molar-refractivity contribution in [1.82, 2.24) is 0 Å². The minimum atomic E-state index is -0.0396. The van der Waals surface area contributed by atoms with E-state index >= 15 is 0 Å². The van der Waals surface area contributed by atoms with E-state index in [2.05, 4.69) is 16.3 Å². The van der Waals surface area contributed by atoms with E-state index in [0.29, 0.717) is 0 Å². The zero-order valence-corrected chi connectivity index (χ0v) is 14.9. The van der Waals surface area contributed by atoms with E-state index in [0.717, 1.165) is 34.9 Å². The molecule has 2 aromatic carbocycles. The van der Waals surface area contributed by atoms with Gasteiger partial charge in [-0.05, 0) is 43.4 Å². The van der Waals surface area contributed by atoms with Crippen molar-refractivity contribution in [3.05, 3.63) is 54.1 Å².